The van der Waals surface area contributed by atoms with Crippen LogP contribution in [0.25, 0.3) is 0 Å². The second kappa shape index (κ2) is 3.36. The van der Waals surface area contributed by atoms with Gasteiger partial charge in [0.05, 0.1) is 16.1 Å². The molecule has 0 saturated carbocycles. The average molecular weight is 217 g/mol. The fourth-order valence-corrected chi connectivity index (χ4v) is 1.41. The molecular formula is C8H6Cl2N2O. The van der Waals surface area contributed by atoms with Gasteiger partial charge in [0.2, 0.25) is 11.8 Å². The smallest absolute Gasteiger partial charge is 0.223 e. The predicted octanol–water partition coefficient (Wildman–Crippen LogP) is 2.44. The molecule has 1 heterocycles. The van der Waals surface area contributed by atoms with Gasteiger partial charge in [0.1, 0.15) is 0 Å². The highest BCUT2D eigenvalue weighted by Gasteiger charge is 2.25. The van der Waals surface area contributed by atoms with Crippen LogP contribution in [-0.4, -0.2) is 11.8 Å². The topological polar surface area (TPSA) is 56.9 Å². The Morgan fingerprint density at radius 1 is 1.15 bits per heavy atom. The first-order valence-corrected chi connectivity index (χ1v) is 3.72. The SMILES string of the molecule is Cl.N=C1OC(=N)c2c(Cl)cccc21. The zero-order valence-electron chi connectivity index (χ0n) is 6.43. The summed E-state index contributed by atoms with van der Waals surface area (Å²) < 4.78 is 4.79. The van der Waals surface area contributed by atoms with Gasteiger partial charge in [0, 0.05) is 0 Å². The van der Waals surface area contributed by atoms with Crippen LogP contribution in [0, 0.1) is 10.8 Å². The Kier molecular flexibility index (Phi) is 2.59. The van der Waals surface area contributed by atoms with Crippen LogP contribution in [0.5, 0.6) is 0 Å². The van der Waals surface area contributed by atoms with E-state index in [2.05, 4.69) is 0 Å². The van der Waals surface area contributed by atoms with Crippen LogP contribution >= 0.6 is 24.0 Å². The molecule has 0 spiro atoms. The van der Waals surface area contributed by atoms with E-state index in [9.17, 15) is 0 Å². The summed E-state index contributed by atoms with van der Waals surface area (Å²) in [5.74, 6) is -0.0434. The molecule has 0 aromatic heterocycles. The van der Waals surface area contributed by atoms with Gasteiger partial charge in [-0.15, -0.1) is 12.4 Å². The summed E-state index contributed by atoms with van der Waals surface area (Å²) in [4.78, 5) is 0. The molecule has 0 radical (unpaired) electrons. The second-order valence-electron chi connectivity index (χ2n) is 2.42. The average Bonchev–Trinajstić information content (AvgIpc) is 2.29. The fourth-order valence-electron chi connectivity index (χ4n) is 1.15. The lowest BCUT2D eigenvalue weighted by atomic mass is 10.1. The maximum atomic E-state index is 7.35. The zero-order chi connectivity index (χ0) is 8.72. The van der Waals surface area contributed by atoms with Crippen LogP contribution in [0.15, 0.2) is 18.2 Å². The predicted molar refractivity (Wildman–Crippen MR) is 53.4 cm³/mol. The number of nitrogens with one attached hydrogen (secondary N) is 2. The van der Waals surface area contributed by atoms with E-state index in [-0.39, 0.29) is 24.2 Å². The third-order valence-electron chi connectivity index (χ3n) is 1.69. The highest BCUT2D eigenvalue weighted by atomic mass is 35.5. The van der Waals surface area contributed by atoms with Gasteiger partial charge in [-0.2, -0.15) is 0 Å². The van der Waals surface area contributed by atoms with Gasteiger partial charge >= 0.3 is 0 Å². The summed E-state index contributed by atoms with van der Waals surface area (Å²) in [6.07, 6.45) is 0. The summed E-state index contributed by atoms with van der Waals surface area (Å²) in [5.41, 5.74) is 1.11. The van der Waals surface area contributed by atoms with Gasteiger partial charge in [-0.1, -0.05) is 17.7 Å². The van der Waals surface area contributed by atoms with Crippen molar-refractivity contribution in [1.29, 1.82) is 10.8 Å². The van der Waals surface area contributed by atoms with Crippen molar-refractivity contribution in [1.82, 2.24) is 0 Å². The standard InChI is InChI=1S/C8H5ClN2O.ClH/c9-5-3-1-2-4-6(5)8(11)12-7(4)10;/h1-3,10-11H;1H. The molecule has 0 unspecified atom stereocenters. The van der Waals surface area contributed by atoms with Crippen molar-refractivity contribution in [2.45, 2.75) is 0 Å². The van der Waals surface area contributed by atoms with Gasteiger partial charge < -0.3 is 4.74 Å². The molecule has 13 heavy (non-hydrogen) atoms. The summed E-state index contributed by atoms with van der Waals surface area (Å²) >= 11 is 5.81. The molecule has 0 atom stereocenters. The van der Waals surface area contributed by atoms with Crippen molar-refractivity contribution in [2.24, 2.45) is 0 Å². The minimum atomic E-state index is -0.0411. The monoisotopic (exact) mass is 216 g/mol. The Morgan fingerprint density at radius 3 is 2.46 bits per heavy atom. The van der Waals surface area contributed by atoms with E-state index >= 15 is 0 Å². The van der Waals surface area contributed by atoms with Crippen molar-refractivity contribution >= 4 is 35.8 Å². The van der Waals surface area contributed by atoms with E-state index in [0.29, 0.717) is 16.1 Å². The van der Waals surface area contributed by atoms with E-state index in [0.717, 1.165) is 0 Å². The largest absolute Gasteiger partial charge is 0.421 e. The molecule has 3 nitrogen and oxygen atoms in total. The molecule has 2 rings (SSSR count). The Hall–Kier alpha value is -1.06. The maximum Gasteiger partial charge on any atom is 0.223 e. The highest BCUT2D eigenvalue weighted by Crippen LogP contribution is 2.26. The van der Waals surface area contributed by atoms with Crippen molar-refractivity contribution in [3.63, 3.8) is 0 Å². The van der Waals surface area contributed by atoms with Gasteiger partial charge in [-0.25, -0.2) is 0 Å². The molecule has 0 bridgehead atoms. The van der Waals surface area contributed by atoms with E-state index in [1.807, 2.05) is 0 Å². The van der Waals surface area contributed by atoms with Crippen LogP contribution in [0.3, 0.4) is 0 Å². The Balaban J connectivity index is 0.000000845. The summed E-state index contributed by atoms with van der Waals surface area (Å²) in [5, 5.41) is 15.1. The normalized spacial score (nSPS) is 13.3. The molecule has 0 amide bonds. The summed E-state index contributed by atoms with van der Waals surface area (Å²) in [6.45, 7) is 0. The molecule has 1 aromatic carbocycles. The number of hydrogen-bond donors (Lipinski definition) is 2. The highest BCUT2D eigenvalue weighted by molar-refractivity contribution is 6.36. The van der Waals surface area contributed by atoms with Crippen molar-refractivity contribution in [3.05, 3.63) is 34.3 Å². The summed E-state index contributed by atoms with van der Waals surface area (Å²) in [6, 6.07) is 5.12. The van der Waals surface area contributed by atoms with Crippen LogP contribution in [0.4, 0.5) is 0 Å². The van der Waals surface area contributed by atoms with Gasteiger partial charge in [0.25, 0.3) is 0 Å². The number of benzene rings is 1. The molecule has 1 aliphatic heterocycles. The van der Waals surface area contributed by atoms with Crippen LogP contribution in [-0.2, 0) is 4.74 Å². The molecule has 1 aromatic rings. The molecule has 0 saturated heterocycles. The molecule has 5 heteroatoms. The van der Waals surface area contributed by atoms with Crippen molar-refractivity contribution in [2.75, 3.05) is 0 Å². The number of rotatable bonds is 0. The lowest BCUT2D eigenvalue weighted by molar-refractivity contribution is 0.553. The number of fused-ring (bicyclic) bond motifs is 1. The molecule has 0 aliphatic carbocycles. The number of ether oxygens (including phenoxy) is 1. The molecular weight excluding hydrogens is 211 g/mol. The third kappa shape index (κ3) is 1.41. The van der Waals surface area contributed by atoms with E-state index < -0.39 is 0 Å². The summed E-state index contributed by atoms with van der Waals surface area (Å²) in [7, 11) is 0. The number of halogens is 2. The van der Waals surface area contributed by atoms with Crippen molar-refractivity contribution in [3.8, 4) is 0 Å². The third-order valence-corrected chi connectivity index (χ3v) is 2.00. The molecule has 0 fully saturated rings. The molecule has 1 aliphatic rings. The van der Waals surface area contributed by atoms with E-state index in [4.69, 9.17) is 27.2 Å². The first kappa shape index (κ1) is 10.0. The Bertz CT molecular complexity index is 390. The molecule has 68 valence electrons. The fraction of sp³-hybridized carbons (Fsp3) is 0. The Labute approximate surface area is 86.1 Å². The van der Waals surface area contributed by atoms with Crippen LogP contribution in [0.2, 0.25) is 5.02 Å². The maximum absolute atomic E-state index is 7.35. The van der Waals surface area contributed by atoms with E-state index in [1.165, 1.54) is 0 Å². The lowest BCUT2D eigenvalue weighted by Crippen LogP contribution is -1.97. The van der Waals surface area contributed by atoms with Crippen LogP contribution in [0.1, 0.15) is 11.1 Å². The first-order chi connectivity index (χ1) is 5.70. The van der Waals surface area contributed by atoms with Gasteiger partial charge in [0.15, 0.2) is 0 Å². The van der Waals surface area contributed by atoms with E-state index in [1.54, 1.807) is 18.2 Å². The van der Waals surface area contributed by atoms with Gasteiger partial charge in [-0.05, 0) is 12.1 Å². The number of hydrogen-bond acceptors (Lipinski definition) is 3. The Morgan fingerprint density at radius 2 is 1.85 bits per heavy atom. The first-order valence-electron chi connectivity index (χ1n) is 3.34. The lowest BCUT2D eigenvalue weighted by Gasteiger charge is -1.95. The van der Waals surface area contributed by atoms with Crippen molar-refractivity contribution < 1.29 is 4.74 Å². The minimum absolute atomic E-state index is 0. The zero-order valence-corrected chi connectivity index (χ0v) is 8.00. The minimum Gasteiger partial charge on any atom is -0.421 e. The van der Waals surface area contributed by atoms with Gasteiger partial charge in [-0.3, -0.25) is 10.8 Å². The van der Waals surface area contributed by atoms with Crippen LogP contribution < -0.4 is 0 Å². The second-order valence-corrected chi connectivity index (χ2v) is 2.83. The quantitative estimate of drug-likeness (QED) is 0.688. The molecule has 2 N–H and O–H groups in total.